The molecule has 1 aromatic carbocycles. The van der Waals surface area contributed by atoms with E-state index in [9.17, 15) is 9.90 Å². The van der Waals surface area contributed by atoms with E-state index >= 15 is 0 Å². The molecule has 0 atom stereocenters. The van der Waals surface area contributed by atoms with Crippen LogP contribution in [0.15, 0.2) is 52.5 Å². The van der Waals surface area contributed by atoms with E-state index in [1.807, 2.05) is 6.92 Å². The third kappa shape index (κ3) is 3.16. The number of hydrogen-bond acceptors (Lipinski definition) is 5. The molecule has 1 aromatic heterocycles. The van der Waals surface area contributed by atoms with Gasteiger partial charge in [-0.1, -0.05) is 23.7 Å². The number of aromatic nitrogens is 1. The van der Waals surface area contributed by atoms with Crippen molar-refractivity contribution in [3.63, 3.8) is 0 Å². The average molecular weight is 360 g/mol. The summed E-state index contributed by atoms with van der Waals surface area (Å²) in [6.45, 7) is 1.88. The molecule has 0 saturated carbocycles. The molecule has 1 saturated heterocycles. The van der Waals surface area contributed by atoms with Crippen LogP contribution in [0, 0.1) is 0 Å². The van der Waals surface area contributed by atoms with Crippen LogP contribution in [0.3, 0.4) is 0 Å². The Morgan fingerprint density at radius 2 is 2.00 bits per heavy atom. The van der Waals surface area contributed by atoms with E-state index in [-0.39, 0.29) is 11.7 Å². The monoisotopic (exact) mass is 359 g/mol. The largest absolute Gasteiger partial charge is 0.508 e. The van der Waals surface area contributed by atoms with Gasteiger partial charge in [0.1, 0.15) is 11.4 Å². The molecule has 0 radical (unpaired) electrons. The first-order valence-corrected chi connectivity index (χ1v) is 8.32. The molecule has 1 aliphatic heterocycles. The number of thioether (sulfide) groups is 1. The molecule has 2 heterocycles. The van der Waals surface area contributed by atoms with Crippen LogP contribution in [0.1, 0.15) is 12.5 Å². The molecular formula is C17H14ClN3O2S. The Kier molecular flexibility index (Phi) is 4.59. The normalized spacial score (nSPS) is 18.4. The van der Waals surface area contributed by atoms with Crippen molar-refractivity contribution < 1.29 is 9.90 Å². The predicted octanol–water partition coefficient (Wildman–Crippen LogP) is 4.06. The molecule has 7 heteroatoms. The third-order valence-corrected chi connectivity index (χ3v) is 5.10. The molecule has 0 unspecified atom stereocenters. The van der Waals surface area contributed by atoms with Gasteiger partial charge in [-0.3, -0.25) is 9.69 Å². The summed E-state index contributed by atoms with van der Waals surface area (Å²) in [7, 11) is 1.68. The first-order chi connectivity index (χ1) is 11.5. The van der Waals surface area contributed by atoms with E-state index in [2.05, 4.69) is 9.98 Å². The van der Waals surface area contributed by atoms with E-state index in [0.717, 1.165) is 11.1 Å². The highest BCUT2D eigenvalue weighted by Crippen LogP contribution is 2.37. The van der Waals surface area contributed by atoms with Crippen molar-refractivity contribution in [3.05, 3.63) is 58.2 Å². The molecule has 0 aliphatic carbocycles. The summed E-state index contributed by atoms with van der Waals surface area (Å²) in [6, 6.07) is 10.2. The molecule has 0 bridgehead atoms. The van der Waals surface area contributed by atoms with Crippen LogP contribution in [0.2, 0.25) is 5.15 Å². The topological polar surface area (TPSA) is 65.8 Å². The number of amides is 1. The lowest BCUT2D eigenvalue weighted by molar-refractivity contribution is -0.121. The minimum Gasteiger partial charge on any atom is -0.508 e. The van der Waals surface area contributed by atoms with E-state index in [1.54, 1.807) is 49.6 Å². The number of hydrogen-bond donors (Lipinski definition) is 1. The molecule has 5 nitrogen and oxygen atoms in total. The van der Waals surface area contributed by atoms with E-state index in [0.29, 0.717) is 20.9 Å². The molecule has 1 amide bonds. The summed E-state index contributed by atoms with van der Waals surface area (Å²) in [5.41, 5.74) is 2.22. The Morgan fingerprint density at radius 3 is 2.67 bits per heavy atom. The summed E-state index contributed by atoms with van der Waals surface area (Å²) in [6.07, 6.45) is 1.59. The molecule has 1 N–H and O–H groups in total. The van der Waals surface area contributed by atoms with Gasteiger partial charge in [0, 0.05) is 13.2 Å². The Hall–Kier alpha value is -2.31. The SMILES string of the molecule is C/C(=C1/SC(=Nc2cccnc2Cl)N(C)C1=O)c1ccc(O)cc1. The van der Waals surface area contributed by atoms with Gasteiger partial charge in [-0.05, 0) is 54.1 Å². The van der Waals surface area contributed by atoms with Gasteiger partial charge in [-0.25, -0.2) is 9.98 Å². The highest BCUT2D eigenvalue weighted by Gasteiger charge is 2.32. The highest BCUT2D eigenvalue weighted by atomic mass is 35.5. The lowest BCUT2D eigenvalue weighted by atomic mass is 10.1. The van der Waals surface area contributed by atoms with Crippen molar-refractivity contribution in [2.75, 3.05) is 7.05 Å². The Labute approximate surface area is 148 Å². The maximum Gasteiger partial charge on any atom is 0.266 e. The van der Waals surface area contributed by atoms with Crippen molar-refractivity contribution in [2.45, 2.75) is 6.92 Å². The van der Waals surface area contributed by atoms with Crippen LogP contribution in [0.4, 0.5) is 5.69 Å². The van der Waals surface area contributed by atoms with Crippen LogP contribution in [-0.4, -0.2) is 33.1 Å². The third-order valence-electron chi connectivity index (χ3n) is 3.58. The second-order valence-electron chi connectivity index (χ2n) is 5.17. The Bertz CT molecular complexity index is 862. The molecular weight excluding hydrogens is 346 g/mol. The second-order valence-corrected chi connectivity index (χ2v) is 6.51. The number of rotatable bonds is 2. The fraction of sp³-hybridized carbons (Fsp3) is 0.118. The number of aliphatic imine (C=N–C) groups is 1. The number of pyridine rings is 1. The van der Waals surface area contributed by atoms with E-state index < -0.39 is 0 Å². The first-order valence-electron chi connectivity index (χ1n) is 7.13. The second kappa shape index (κ2) is 6.67. The van der Waals surface area contributed by atoms with Gasteiger partial charge in [0.15, 0.2) is 10.3 Å². The standard InChI is InChI=1S/C17H14ClN3O2S/c1-10(11-5-7-12(22)8-6-11)14-16(23)21(2)17(24-14)20-13-4-3-9-19-15(13)18/h3-9,22H,1-2H3/b14-10-,20-17?. The zero-order valence-electron chi connectivity index (χ0n) is 13.0. The fourth-order valence-corrected chi connectivity index (χ4v) is 3.39. The van der Waals surface area contributed by atoms with Crippen LogP contribution in [-0.2, 0) is 4.79 Å². The Morgan fingerprint density at radius 1 is 1.29 bits per heavy atom. The molecule has 1 fully saturated rings. The lowest BCUT2D eigenvalue weighted by Gasteiger charge is -2.07. The van der Waals surface area contributed by atoms with E-state index in [4.69, 9.17) is 11.6 Å². The van der Waals surface area contributed by atoms with Gasteiger partial charge >= 0.3 is 0 Å². The number of phenols is 1. The number of aromatic hydroxyl groups is 1. The van der Waals surface area contributed by atoms with Crippen molar-refractivity contribution in [1.82, 2.24) is 9.88 Å². The molecule has 122 valence electrons. The first kappa shape index (κ1) is 16.5. The molecule has 24 heavy (non-hydrogen) atoms. The number of carbonyl (C=O) groups excluding carboxylic acids is 1. The number of allylic oxidation sites excluding steroid dienone is 1. The smallest absolute Gasteiger partial charge is 0.266 e. The maximum absolute atomic E-state index is 12.5. The number of nitrogens with zero attached hydrogens (tertiary/aromatic N) is 3. The molecule has 3 rings (SSSR count). The van der Waals surface area contributed by atoms with Crippen LogP contribution < -0.4 is 0 Å². The number of amidine groups is 1. The predicted molar refractivity (Wildman–Crippen MR) is 97.4 cm³/mol. The summed E-state index contributed by atoms with van der Waals surface area (Å²) in [4.78, 5) is 23.1. The highest BCUT2D eigenvalue weighted by molar-refractivity contribution is 8.18. The number of carbonyl (C=O) groups is 1. The molecule has 1 aliphatic rings. The minimum atomic E-state index is -0.121. The number of likely N-dealkylation sites (N-methyl/N-ethyl adjacent to an activating group) is 1. The van der Waals surface area contributed by atoms with Gasteiger partial charge in [0.2, 0.25) is 0 Å². The quantitative estimate of drug-likeness (QED) is 0.648. The molecule has 0 spiro atoms. The van der Waals surface area contributed by atoms with Crippen molar-refractivity contribution in [2.24, 2.45) is 4.99 Å². The summed E-state index contributed by atoms with van der Waals surface area (Å²) >= 11 is 7.32. The van der Waals surface area contributed by atoms with Crippen molar-refractivity contribution >= 4 is 45.7 Å². The lowest BCUT2D eigenvalue weighted by Crippen LogP contribution is -2.23. The number of benzene rings is 1. The average Bonchev–Trinajstić information content (AvgIpc) is 2.85. The summed E-state index contributed by atoms with van der Waals surface area (Å²) in [5.74, 6) is 0.0666. The van der Waals surface area contributed by atoms with Gasteiger partial charge in [-0.2, -0.15) is 0 Å². The zero-order chi connectivity index (χ0) is 17.3. The van der Waals surface area contributed by atoms with Gasteiger partial charge in [-0.15, -0.1) is 0 Å². The van der Waals surface area contributed by atoms with Crippen LogP contribution in [0.5, 0.6) is 5.75 Å². The van der Waals surface area contributed by atoms with Crippen LogP contribution >= 0.6 is 23.4 Å². The van der Waals surface area contributed by atoms with Crippen LogP contribution in [0.25, 0.3) is 5.57 Å². The minimum absolute atomic E-state index is 0.121. The summed E-state index contributed by atoms with van der Waals surface area (Å²) < 4.78 is 0. The number of phenolic OH excluding ortho intramolecular Hbond substituents is 1. The van der Waals surface area contributed by atoms with Gasteiger partial charge < -0.3 is 5.11 Å². The van der Waals surface area contributed by atoms with Crippen molar-refractivity contribution in [1.29, 1.82) is 0 Å². The van der Waals surface area contributed by atoms with Gasteiger partial charge in [0.25, 0.3) is 5.91 Å². The van der Waals surface area contributed by atoms with E-state index in [1.165, 1.54) is 16.7 Å². The van der Waals surface area contributed by atoms with Gasteiger partial charge in [0.05, 0.1) is 4.91 Å². The zero-order valence-corrected chi connectivity index (χ0v) is 14.6. The maximum atomic E-state index is 12.5. The molecule has 2 aromatic rings. The van der Waals surface area contributed by atoms with Crippen molar-refractivity contribution in [3.8, 4) is 5.75 Å². The fourth-order valence-electron chi connectivity index (χ4n) is 2.18. The number of halogens is 1. The Balaban J connectivity index is 1.98. The summed E-state index contributed by atoms with van der Waals surface area (Å²) in [5, 5.41) is 10.2.